The van der Waals surface area contributed by atoms with Gasteiger partial charge in [0.15, 0.2) is 5.78 Å². The third-order valence-corrected chi connectivity index (χ3v) is 7.34. The van der Waals surface area contributed by atoms with Gasteiger partial charge in [0.1, 0.15) is 0 Å². The van der Waals surface area contributed by atoms with Gasteiger partial charge in [-0.15, -0.1) is 0 Å². The van der Waals surface area contributed by atoms with E-state index in [4.69, 9.17) is 5.73 Å². The Morgan fingerprint density at radius 2 is 1.86 bits per heavy atom. The fourth-order valence-corrected chi connectivity index (χ4v) is 5.23. The Morgan fingerprint density at radius 1 is 1.18 bits per heavy atom. The lowest BCUT2D eigenvalue weighted by molar-refractivity contribution is 0.100. The SMILES string of the molecule is CN1CCC(S(=O)(=O)N(Cc2ccc(C(=O)CN)cn2)c2ccccc2)CC1. The lowest BCUT2D eigenvalue weighted by Gasteiger charge is -2.33. The Hall–Kier alpha value is -2.29. The van der Waals surface area contributed by atoms with Crippen molar-refractivity contribution >= 4 is 21.5 Å². The van der Waals surface area contributed by atoms with Gasteiger partial charge >= 0.3 is 0 Å². The van der Waals surface area contributed by atoms with Crippen LogP contribution in [0, 0.1) is 0 Å². The van der Waals surface area contributed by atoms with Gasteiger partial charge in [-0.2, -0.15) is 0 Å². The molecule has 2 aromatic rings. The summed E-state index contributed by atoms with van der Waals surface area (Å²) in [6.07, 6.45) is 2.68. The molecule has 1 fully saturated rings. The second-order valence-corrected chi connectivity index (χ2v) is 9.19. The number of aromatic nitrogens is 1. The lowest BCUT2D eigenvalue weighted by Crippen LogP contribution is -2.44. The zero-order valence-electron chi connectivity index (χ0n) is 16.0. The summed E-state index contributed by atoms with van der Waals surface area (Å²) >= 11 is 0. The molecule has 7 nitrogen and oxygen atoms in total. The summed E-state index contributed by atoms with van der Waals surface area (Å²) in [5, 5.41) is -0.415. The highest BCUT2D eigenvalue weighted by molar-refractivity contribution is 7.93. The number of anilines is 1. The van der Waals surface area contributed by atoms with Crippen LogP contribution >= 0.6 is 0 Å². The van der Waals surface area contributed by atoms with Crippen LogP contribution in [0.5, 0.6) is 0 Å². The smallest absolute Gasteiger partial charge is 0.238 e. The molecular formula is C20H26N4O3S. The van der Waals surface area contributed by atoms with E-state index in [1.54, 1.807) is 24.3 Å². The number of carbonyl (C=O) groups is 1. The minimum atomic E-state index is -3.55. The van der Waals surface area contributed by atoms with Gasteiger partial charge in [-0.05, 0) is 57.2 Å². The third kappa shape index (κ3) is 4.57. The quantitative estimate of drug-likeness (QED) is 0.708. The van der Waals surface area contributed by atoms with E-state index < -0.39 is 15.3 Å². The molecule has 0 unspecified atom stereocenters. The normalized spacial score (nSPS) is 16.1. The van der Waals surface area contributed by atoms with Gasteiger partial charge in [0.05, 0.1) is 29.7 Å². The molecular weight excluding hydrogens is 376 g/mol. The monoisotopic (exact) mass is 402 g/mol. The summed E-state index contributed by atoms with van der Waals surface area (Å²) in [6, 6.07) is 12.4. The van der Waals surface area contributed by atoms with Gasteiger partial charge in [0.2, 0.25) is 10.0 Å². The highest BCUT2D eigenvalue weighted by Crippen LogP contribution is 2.27. The number of likely N-dealkylation sites (tertiary alicyclic amines) is 1. The molecule has 1 saturated heterocycles. The van der Waals surface area contributed by atoms with Crippen LogP contribution in [0.25, 0.3) is 0 Å². The predicted octanol–water partition coefficient (Wildman–Crippen LogP) is 1.65. The van der Waals surface area contributed by atoms with Gasteiger partial charge < -0.3 is 10.6 Å². The molecule has 28 heavy (non-hydrogen) atoms. The van der Waals surface area contributed by atoms with E-state index in [0.29, 0.717) is 29.8 Å². The van der Waals surface area contributed by atoms with Gasteiger partial charge in [-0.3, -0.25) is 14.1 Å². The average molecular weight is 403 g/mol. The van der Waals surface area contributed by atoms with Crippen LogP contribution in [-0.2, 0) is 16.6 Å². The van der Waals surface area contributed by atoms with Crippen molar-refractivity contribution in [3.63, 3.8) is 0 Å². The number of benzene rings is 1. The van der Waals surface area contributed by atoms with E-state index in [2.05, 4.69) is 9.88 Å². The fraction of sp³-hybridized carbons (Fsp3) is 0.400. The number of hydrogen-bond donors (Lipinski definition) is 1. The minimum Gasteiger partial charge on any atom is -0.324 e. The van der Waals surface area contributed by atoms with Crippen molar-refractivity contribution in [2.24, 2.45) is 5.73 Å². The Kier molecular flexibility index (Phi) is 6.43. The minimum absolute atomic E-state index is 0.0817. The maximum Gasteiger partial charge on any atom is 0.238 e. The maximum absolute atomic E-state index is 13.4. The van der Waals surface area contributed by atoms with Crippen LogP contribution in [0.3, 0.4) is 0 Å². The van der Waals surface area contributed by atoms with Crippen molar-refractivity contribution in [1.29, 1.82) is 0 Å². The van der Waals surface area contributed by atoms with Crippen molar-refractivity contribution in [3.05, 3.63) is 59.9 Å². The number of hydrogen-bond acceptors (Lipinski definition) is 6. The van der Waals surface area contributed by atoms with Crippen LogP contribution in [-0.4, -0.2) is 56.0 Å². The summed E-state index contributed by atoms with van der Waals surface area (Å²) in [6.45, 7) is 1.57. The number of carbonyl (C=O) groups excluding carboxylic acids is 1. The van der Waals surface area contributed by atoms with E-state index in [1.165, 1.54) is 10.5 Å². The molecule has 1 aliphatic rings. The van der Waals surface area contributed by atoms with Crippen molar-refractivity contribution in [3.8, 4) is 0 Å². The molecule has 0 atom stereocenters. The zero-order chi connectivity index (χ0) is 20.1. The summed E-state index contributed by atoms with van der Waals surface area (Å²) < 4.78 is 28.3. The third-order valence-electron chi connectivity index (χ3n) is 5.08. The Morgan fingerprint density at radius 3 is 2.43 bits per heavy atom. The molecule has 1 aromatic heterocycles. The van der Waals surface area contributed by atoms with Crippen molar-refractivity contribution in [1.82, 2.24) is 9.88 Å². The van der Waals surface area contributed by atoms with E-state index in [-0.39, 0.29) is 18.9 Å². The number of sulfonamides is 1. The summed E-state index contributed by atoms with van der Waals surface area (Å²) in [7, 11) is -1.54. The van der Waals surface area contributed by atoms with Gasteiger partial charge in [0, 0.05) is 11.8 Å². The highest BCUT2D eigenvalue weighted by Gasteiger charge is 2.34. The van der Waals surface area contributed by atoms with Crippen molar-refractivity contribution in [2.75, 3.05) is 31.0 Å². The van der Waals surface area contributed by atoms with E-state index in [0.717, 1.165) is 13.1 Å². The Labute approximate surface area is 166 Å². The lowest BCUT2D eigenvalue weighted by atomic mass is 10.1. The number of piperidine rings is 1. The first kappa shape index (κ1) is 20.4. The van der Waals surface area contributed by atoms with E-state index in [1.807, 2.05) is 25.2 Å². The number of Topliss-reactive ketones (excluding diaryl/α,β-unsaturated/α-hetero) is 1. The van der Waals surface area contributed by atoms with Crippen molar-refractivity contribution < 1.29 is 13.2 Å². The molecule has 0 aliphatic carbocycles. The number of para-hydroxylation sites is 1. The first-order valence-electron chi connectivity index (χ1n) is 9.35. The zero-order valence-corrected chi connectivity index (χ0v) is 16.8. The largest absolute Gasteiger partial charge is 0.324 e. The van der Waals surface area contributed by atoms with E-state index in [9.17, 15) is 13.2 Å². The summed E-state index contributed by atoms with van der Waals surface area (Å²) in [4.78, 5) is 18.1. The molecule has 1 aliphatic heterocycles. The topological polar surface area (TPSA) is 96.6 Å². The molecule has 150 valence electrons. The van der Waals surface area contributed by atoms with Crippen LogP contribution in [0.4, 0.5) is 5.69 Å². The number of ketones is 1. The fourth-order valence-electron chi connectivity index (χ4n) is 3.33. The molecule has 0 spiro atoms. The average Bonchev–Trinajstić information content (AvgIpc) is 2.72. The Balaban J connectivity index is 1.89. The van der Waals surface area contributed by atoms with Crippen LogP contribution in [0.2, 0.25) is 0 Å². The molecule has 0 amide bonds. The molecule has 0 bridgehead atoms. The molecule has 0 radical (unpaired) electrons. The molecule has 2 heterocycles. The number of nitrogens with zero attached hydrogens (tertiary/aromatic N) is 3. The maximum atomic E-state index is 13.4. The molecule has 3 rings (SSSR count). The van der Waals surface area contributed by atoms with Crippen molar-refractivity contribution in [2.45, 2.75) is 24.6 Å². The van der Waals surface area contributed by atoms with E-state index >= 15 is 0 Å². The van der Waals surface area contributed by atoms with Crippen LogP contribution in [0.15, 0.2) is 48.7 Å². The number of nitrogens with two attached hydrogens (primary N) is 1. The van der Waals surface area contributed by atoms with Gasteiger partial charge in [-0.25, -0.2) is 8.42 Å². The first-order chi connectivity index (χ1) is 13.4. The number of rotatable bonds is 7. The second-order valence-electron chi connectivity index (χ2n) is 7.06. The van der Waals surface area contributed by atoms with Gasteiger partial charge in [-0.1, -0.05) is 18.2 Å². The van der Waals surface area contributed by atoms with Crippen LogP contribution in [0.1, 0.15) is 28.9 Å². The molecule has 1 aromatic carbocycles. The predicted molar refractivity (Wildman–Crippen MR) is 110 cm³/mol. The second kappa shape index (κ2) is 8.81. The number of pyridine rings is 1. The molecule has 0 saturated carbocycles. The first-order valence-corrected chi connectivity index (χ1v) is 10.9. The van der Waals surface area contributed by atoms with Crippen LogP contribution < -0.4 is 10.0 Å². The standard InChI is InChI=1S/C20H26N4O3S/c1-23-11-9-19(10-12-23)28(26,27)24(18-5-3-2-4-6-18)15-17-8-7-16(14-22-17)20(25)13-21/h2-8,14,19H,9-13,15,21H2,1H3. The van der Waals surface area contributed by atoms with Gasteiger partial charge in [0.25, 0.3) is 0 Å². The molecule has 8 heteroatoms. The summed E-state index contributed by atoms with van der Waals surface area (Å²) in [5.41, 5.74) is 7.00. The highest BCUT2D eigenvalue weighted by atomic mass is 32.2. The molecule has 2 N–H and O–H groups in total. The summed E-state index contributed by atoms with van der Waals surface area (Å²) in [5.74, 6) is -0.196. The Bertz CT molecular complexity index is 893.